The van der Waals surface area contributed by atoms with Crippen molar-refractivity contribution >= 4 is 28.6 Å². The van der Waals surface area contributed by atoms with E-state index in [2.05, 4.69) is 0 Å². The second-order valence-electron chi connectivity index (χ2n) is 3.31. The Kier molecular flexibility index (Phi) is 5.36. The summed E-state index contributed by atoms with van der Waals surface area (Å²) in [7, 11) is 0. The first kappa shape index (κ1) is 13.4. The Morgan fingerprint density at radius 3 is 2.29 bits per heavy atom. The van der Waals surface area contributed by atoms with Crippen molar-refractivity contribution in [3.05, 3.63) is 35.9 Å². The number of hydrogen-bond acceptors (Lipinski definition) is 4. The molecule has 0 bridgehead atoms. The van der Waals surface area contributed by atoms with E-state index in [1.165, 1.54) is 0 Å². The highest BCUT2D eigenvalue weighted by Gasteiger charge is 2.10. The fraction of sp³-hybridized carbons (Fsp3) is 0.250. The molecule has 0 fully saturated rings. The van der Waals surface area contributed by atoms with Crippen molar-refractivity contribution in [1.29, 1.82) is 0 Å². The zero-order chi connectivity index (χ0) is 12.7. The minimum Gasteiger partial charge on any atom is -0.457 e. The Hall–Kier alpha value is -1.68. The SMILES string of the molecule is O=C(Cl)CCC(=O)OCC(=O)c1ccccc1. The average Bonchev–Trinajstić information content (AvgIpc) is 2.34. The molecule has 0 aliphatic heterocycles. The molecular weight excluding hydrogens is 244 g/mol. The highest BCUT2D eigenvalue weighted by molar-refractivity contribution is 6.63. The molecule has 17 heavy (non-hydrogen) atoms. The average molecular weight is 255 g/mol. The molecule has 0 spiro atoms. The molecule has 90 valence electrons. The summed E-state index contributed by atoms with van der Waals surface area (Å²) in [5, 5.41) is -0.601. The van der Waals surface area contributed by atoms with Gasteiger partial charge in [0.25, 0.3) is 0 Å². The third kappa shape index (κ3) is 5.26. The summed E-state index contributed by atoms with van der Waals surface area (Å²) in [5.41, 5.74) is 0.480. The second kappa shape index (κ2) is 6.81. The number of rotatable bonds is 6. The number of carbonyl (C=O) groups excluding carboxylic acids is 3. The van der Waals surface area contributed by atoms with Crippen LogP contribution in [0.3, 0.4) is 0 Å². The van der Waals surface area contributed by atoms with Gasteiger partial charge in [0.05, 0.1) is 6.42 Å². The molecule has 0 unspecified atom stereocenters. The minimum absolute atomic E-state index is 0.0834. The largest absolute Gasteiger partial charge is 0.457 e. The number of Topliss-reactive ketones (excluding diaryl/α,β-unsaturated/α-hetero) is 1. The van der Waals surface area contributed by atoms with Crippen molar-refractivity contribution in [1.82, 2.24) is 0 Å². The van der Waals surface area contributed by atoms with E-state index in [4.69, 9.17) is 16.3 Å². The van der Waals surface area contributed by atoms with Gasteiger partial charge in [-0.05, 0) is 11.6 Å². The third-order valence-electron chi connectivity index (χ3n) is 1.99. The van der Waals surface area contributed by atoms with Crippen LogP contribution in [0.5, 0.6) is 0 Å². The van der Waals surface area contributed by atoms with Gasteiger partial charge in [-0.25, -0.2) is 0 Å². The summed E-state index contributed by atoms with van der Waals surface area (Å²) in [5.74, 6) is -0.889. The molecule has 0 atom stereocenters. The maximum absolute atomic E-state index is 11.5. The molecule has 1 rings (SSSR count). The Morgan fingerprint density at radius 2 is 1.71 bits per heavy atom. The lowest BCUT2D eigenvalue weighted by Crippen LogP contribution is -2.14. The number of ketones is 1. The summed E-state index contributed by atoms with van der Waals surface area (Å²) in [4.78, 5) is 33.0. The maximum Gasteiger partial charge on any atom is 0.306 e. The number of carbonyl (C=O) groups is 3. The molecular formula is C12H11ClO4. The Labute approximate surface area is 104 Å². The standard InChI is InChI=1S/C12H11ClO4/c13-11(15)6-7-12(16)17-8-10(14)9-4-2-1-3-5-9/h1-5H,6-8H2. The maximum atomic E-state index is 11.5. The van der Waals surface area contributed by atoms with Gasteiger partial charge in [-0.15, -0.1) is 0 Å². The number of ether oxygens (including phenoxy) is 1. The lowest BCUT2D eigenvalue weighted by atomic mass is 10.1. The van der Waals surface area contributed by atoms with Gasteiger partial charge < -0.3 is 4.74 Å². The van der Waals surface area contributed by atoms with Crippen LogP contribution in [-0.4, -0.2) is 23.6 Å². The molecule has 0 saturated heterocycles. The van der Waals surface area contributed by atoms with Gasteiger partial charge >= 0.3 is 5.97 Å². The van der Waals surface area contributed by atoms with Crippen molar-refractivity contribution in [3.8, 4) is 0 Å². The van der Waals surface area contributed by atoms with E-state index in [1.54, 1.807) is 30.3 Å². The van der Waals surface area contributed by atoms with Gasteiger partial charge in [0, 0.05) is 12.0 Å². The van der Waals surface area contributed by atoms with E-state index < -0.39 is 11.2 Å². The first-order chi connectivity index (χ1) is 8.09. The smallest absolute Gasteiger partial charge is 0.306 e. The highest BCUT2D eigenvalue weighted by atomic mass is 35.5. The first-order valence-corrected chi connectivity index (χ1v) is 5.39. The van der Waals surface area contributed by atoms with E-state index >= 15 is 0 Å². The van der Waals surface area contributed by atoms with Crippen molar-refractivity contribution in [2.24, 2.45) is 0 Å². The summed E-state index contributed by atoms with van der Waals surface area (Å²) >= 11 is 5.07. The zero-order valence-corrected chi connectivity index (χ0v) is 9.77. The van der Waals surface area contributed by atoms with Crippen molar-refractivity contribution in [2.75, 3.05) is 6.61 Å². The minimum atomic E-state index is -0.608. The number of hydrogen-bond donors (Lipinski definition) is 0. The van der Waals surface area contributed by atoms with Gasteiger partial charge in [0.2, 0.25) is 5.24 Å². The molecule has 0 saturated carbocycles. The molecule has 5 heteroatoms. The van der Waals surface area contributed by atoms with Gasteiger partial charge in [-0.3, -0.25) is 14.4 Å². The predicted octanol–water partition coefficient (Wildman–Crippen LogP) is 1.96. The van der Waals surface area contributed by atoms with Crippen molar-refractivity contribution < 1.29 is 19.1 Å². The molecule has 0 heterocycles. The second-order valence-corrected chi connectivity index (χ2v) is 3.73. The van der Waals surface area contributed by atoms with E-state index in [9.17, 15) is 14.4 Å². The molecule has 1 aromatic carbocycles. The summed E-state index contributed by atoms with van der Waals surface area (Å²) in [6.45, 7) is -0.320. The molecule has 0 amide bonds. The normalized spacial score (nSPS) is 9.71. The zero-order valence-electron chi connectivity index (χ0n) is 9.02. The molecule has 0 aromatic heterocycles. The number of benzene rings is 1. The summed E-state index contributed by atoms with van der Waals surface area (Å²) < 4.78 is 4.71. The van der Waals surface area contributed by atoms with Crippen LogP contribution < -0.4 is 0 Å². The van der Waals surface area contributed by atoms with E-state index in [0.29, 0.717) is 5.56 Å². The fourth-order valence-corrected chi connectivity index (χ4v) is 1.22. The molecule has 0 N–H and O–H groups in total. The molecule has 1 aromatic rings. The third-order valence-corrected chi connectivity index (χ3v) is 2.17. The highest BCUT2D eigenvalue weighted by Crippen LogP contribution is 2.02. The summed E-state index contributed by atoms with van der Waals surface area (Å²) in [6, 6.07) is 8.51. The Bertz CT molecular complexity index is 414. The Morgan fingerprint density at radius 1 is 1.06 bits per heavy atom. The lowest BCUT2D eigenvalue weighted by Gasteiger charge is -2.03. The van der Waals surface area contributed by atoms with Gasteiger partial charge in [0.15, 0.2) is 12.4 Å². The van der Waals surface area contributed by atoms with Crippen LogP contribution >= 0.6 is 11.6 Å². The topological polar surface area (TPSA) is 60.4 Å². The van der Waals surface area contributed by atoms with Crippen LogP contribution in [0.15, 0.2) is 30.3 Å². The van der Waals surface area contributed by atoms with E-state index in [1.807, 2.05) is 0 Å². The van der Waals surface area contributed by atoms with Crippen LogP contribution in [0, 0.1) is 0 Å². The van der Waals surface area contributed by atoms with Gasteiger partial charge in [0.1, 0.15) is 0 Å². The molecule has 0 aliphatic rings. The van der Waals surface area contributed by atoms with Crippen LogP contribution in [0.1, 0.15) is 23.2 Å². The van der Waals surface area contributed by atoms with E-state index in [0.717, 1.165) is 0 Å². The predicted molar refractivity (Wildman–Crippen MR) is 61.8 cm³/mol. The lowest BCUT2D eigenvalue weighted by molar-refractivity contribution is -0.143. The van der Waals surface area contributed by atoms with Crippen molar-refractivity contribution in [3.63, 3.8) is 0 Å². The van der Waals surface area contributed by atoms with Crippen molar-refractivity contribution in [2.45, 2.75) is 12.8 Å². The number of halogens is 1. The molecule has 0 aliphatic carbocycles. The quantitative estimate of drug-likeness (QED) is 0.442. The monoisotopic (exact) mass is 254 g/mol. The van der Waals surface area contributed by atoms with Gasteiger partial charge in [-0.2, -0.15) is 0 Å². The van der Waals surface area contributed by atoms with Crippen LogP contribution in [-0.2, 0) is 14.3 Å². The first-order valence-electron chi connectivity index (χ1n) is 5.02. The van der Waals surface area contributed by atoms with E-state index in [-0.39, 0.29) is 25.2 Å². The molecule has 4 nitrogen and oxygen atoms in total. The van der Waals surface area contributed by atoms with Crippen LogP contribution in [0.4, 0.5) is 0 Å². The van der Waals surface area contributed by atoms with Crippen LogP contribution in [0.25, 0.3) is 0 Å². The van der Waals surface area contributed by atoms with Gasteiger partial charge in [-0.1, -0.05) is 30.3 Å². The summed E-state index contributed by atoms with van der Waals surface area (Å²) in [6.07, 6.45) is -0.190. The fourth-order valence-electron chi connectivity index (χ4n) is 1.13. The number of esters is 1. The Balaban J connectivity index is 2.34. The molecule has 0 radical (unpaired) electrons. The van der Waals surface area contributed by atoms with Crippen LogP contribution in [0.2, 0.25) is 0 Å².